The molecule has 0 saturated heterocycles. The van der Waals surface area contributed by atoms with Crippen LogP contribution in [0.25, 0.3) is 0 Å². The van der Waals surface area contributed by atoms with E-state index in [1.54, 1.807) is 7.11 Å². The number of rotatable bonds is 3. The Bertz CT molecular complexity index is 378. The predicted molar refractivity (Wildman–Crippen MR) is 63.6 cm³/mol. The average molecular weight is 221 g/mol. The highest BCUT2D eigenvalue weighted by Crippen LogP contribution is 2.32. The molecule has 0 fully saturated rings. The van der Waals surface area contributed by atoms with Crippen molar-refractivity contribution in [1.82, 2.24) is 0 Å². The van der Waals surface area contributed by atoms with Gasteiger partial charge in [-0.3, -0.25) is 0 Å². The Kier molecular flexibility index (Phi) is 3.17. The Hall–Kier alpha value is -1.06. The van der Waals surface area contributed by atoms with Gasteiger partial charge in [-0.05, 0) is 49.1 Å². The highest BCUT2D eigenvalue weighted by Gasteiger charge is 2.31. The zero-order chi connectivity index (χ0) is 11.6. The van der Waals surface area contributed by atoms with Gasteiger partial charge >= 0.3 is 0 Å². The molecular weight excluding hydrogens is 202 g/mol. The summed E-state index contributed by atoms with van der Waals surface area (Å²) in [6, 6.07) is 6.10. The second-order valence-corrected chi connectivity index (χ2v) is 4.57. The van der Waals surface area contributed by atoms with Crippen LogP contribution >= 0.6 is 0 Å². The third kappa shape index (κ3) is 2.20. The summed E-state index contributed by atoms with van der Waals surface area (Å²) in [5.41, 5.74) is 7.44. The number of methoxy groups -OCH3 is 1. The van der Waals surface area contributed by atoms with Crippen molar-refractivity contribution in [3.05, 3.63) is 29.3 Å². The van der Waals surface area contributed by atoms with Crippen LogP contribution in [0.2, 0.25) is 0 Å². The molecule has 88 valence electrons. The largest absolute Gasteiger partial charge is 0.497 e. The molecule has 0 radical (unpaired) electrons. The zero-order valence-electron chi connectivity index (χ0n) is 9.70. The molecule has 3 nitrogen and oxygen atoms in total. The summed E-state index contributed by atoms with van der Waals surface area (Å²) in [7, 11) is 1.66. The summed E-state index contributed by atoms with van der Waals surface area (Å²) in [6.45, 7) is 0.538. The number of benzene rings is 1. The van der Waals surface area contributed by atoms with Crippen LogP contribution in [0.5, 0.6) is 5.75 Å². The molecule has 0 aliphatic heterocycles. The normalized spacial score (nSPS) is 23.9. The Labute approximate surface area is 96.2 Å². The molecule has 1 aromatic carbocycles. The molecule has 0 amide bonds. The lowest BCUT2D eigenvalue weighted by Gasteiger charge is -2.33. The van der Waals surface area contributed by atoms with Crippen LogP contribution < -0.4 is 10.5 Å². The van der Waals surface area contributed by atoms with Crippen molar-refractivity contribution in [3.8, 4) is 5.75 Å². The number of aryl methyl sites for hydroxylation is 1. The highest BCUT2D eigenvalue weighted by atomic mass is 16.5. The quantitative estimate of drug-likeness (QED) is 0.808. The molecule has 16 heavy (non-hydrogen) atoms. The Balaban J connectivity index is 2.24. The molecule has 3 N–H and O–H groups in total. The molecular formula is C13H19NO2. The van der Waals surface area contributed by atoms with Gasteiger partial charge in [-0.15, -0.1) is 0 Å². The average Bonchev–Trinajstić information content (AvgIpc) is 2.28. The summed E-state index contributed by atoms with van der Waals surface area (Å²) in [5.74, 6) is 0.857. The van der Waals surface area contributed by atoms with Crippen molar-refractivity contribution in [3.63, 3.8) is 0 Å². The van der Waals surface area contributed by atoms with E-state index < -0.39 is 5.60 Å². The summed E-state index contributed by atoms with van der Waals surface area (Å²) >= 11 is 0. The Morgan fingerprint density at radius 3 is 2.94 bits per heavy atom. The topological polar surface area (TPSA) is 55.5 Å². The first-order valence-corrected chi connectivity index (χ1v) is 5.75. The smallest absolute Gasteiger partial charge is 0.119 e. The van der Waals surface area contributed by atoms with Gasteiger partial charge in [0.05, 0.1) is 12.7 Å². The van der Waals surface area contributed by atoms with Gasteiger partial charge < -0.3 is 15.6 Å². The van der Waals surface area contributed by atoms with E-state index in [2.05, 4.69) is 6.07 Å². The molecule has 1 unspecified atom stereocenters. The van der Waals surface area contributed by atoms with Gasteiger partial charge in [0.1, 0.15) is 5.75 Å². The number of ether oxygens (including phenoxy) is 1. The Morgan fingerprint density at radius 2 is 2.25 bits per heavy atom. The summed E-state index contributed by atoms with van der Waals surface area (Å²) in [6.07, 6.45) is 3.10. The number of aliphatic hydroxyl groups is 1. The van der Waals surface area contributed by atoms with Gasteiger partial charge in [-0.1, -0.05) is 6.07 Å². The summed E-state index contributed by atoms with van der Waals surface area (Å²) in [4.78, 5) is 0. The van der Waals surface area contributed by atoms with Crippen LogP contribution in [-0.4, -0.2) is 24.4 Å². The van der Waals surface area contributed by atoms with Crippen molar-refractivity contribution in [1.29, 1.82) is 0 Å². The van der Waals surface area contributed by atoms with E-state index in [0.717, 1.165) is 18.6 Å². The van der Waals surface area contributed by atoms with Crippen LogP contribution in [0.3, 0.4) is 0 Å². The SMILES string of the molecule is COc1ccc2c(c1)CC(O)(CCN)CC2. The van der Waals surface area contributed by atoms with Crippen molar-refractivity contribution in [2.45, 2.75) is 31.3 Å². The second kappa shape index (κ2) is 4.44. The molecule has 0 aromatic heterocycles. The van der Waals surface area contributed by atoms with Crippen LogP contribution in [0.1, 0.15) is 24.0 Å². The van der Waals surface area contributed by atoms with Crippen molar-refractivity contribution in [2.24, 2.45) is 5.73 Å². The second-order valence-electron chi connectivity index (χ2n) is 4.57. The fourth-order valence-electron chi connectivity index (χ4n) is 2.43. The third-order valence-electron chi connectivity index (χ3n) is 3.40. The molecule has 0 bridgehead atoms. The molecule has 1 atom stereocenters. The predicted octanol–water partition coefficient (Wildman–Crippen LogP) is 1.26. The zero-order valence-corrected chi connectivity index (χ0v) is 9.70. The molecule has 1 aromatic rings. The van der Waals surface area contributed by atoms with Gasteiger partial charge in [0.15, 0.2) is 0 Å². The maximum absolute atomic E-state index is 10.4. The van der Waals surface area contributed by atoms with E-state index in [1.165, 1.54) is 11.1 Å². The lowest BCUT2D eigenvalue weighted by atomic mass is 9.78. The van der Waals surface area contributed by atoms with Crippen LogP contribution in [0, 0.1) is 0 Å². The number of hydrogen-bond acceptors (Lipinski definition) is 3. The third-order valence-corrected chi connectivity index (χ3v) is 3.40. The first-order chi connectivity index (χ1) is 7.67. The lowest BCUT2D eigenvalue weighted by molar-refractivity contribution is 0.0203. The van der Waals surface area contributed by atoms with E-state index >= 15 is 0 Å². The molecule has 2 rings (SSSR count). The van der Waals surface area contributed by atoms with E-state index in [4.69, 9.17) is 10.5 Å². The maximum Gasteiger partial charge on any atom is 0.119 e. The fraction of sp³-hybridized carbons (Fsp3) is 0.538. The number of hydrogen-bond donors (Lipinski definition) is 2. The lowest BCUT2D eigenvalue weighted by Crippen LogP contribution is -2.37. The Morgan fingerprint density at radius 1 is 1.44 bits per heavy atom. The van der Waals surface area contributed by atoms with Crippen LogP contribution in [0.4, 0.5) is 0 Å². The minimum absolute atomic E-state index is 0.538. The summed E-state index contributed by atoms with van der Waals surface area (Å²) < 4.78 is 5.20. The molecule has 0 heterocycles. The van der Waals surface area contributed by atoms with Gasteiger partial charge in [0.25, 0.3) is 0 Å². The van der Waals surface area contributed by atoms with E-state index in [-0.39, 0.29) is 0 Å². The number of fused-ring (bicyclic) bond motifs is 1. The van der Waals surface area contributed by atoms with Crippen molar-refractivity contribution < 1.29 is 9.84 Å². The van der Waals surface area contributed by atoms with Crippen LogP contribution in [-0.2, 0) is 12.8 Å². The van der Waals surface area contributed by atoms with Crippen molar-refractivity contribution in [2.75, 3.05) is 13.7 Å². The van der Waals surface area contributed by atoms with E-state index in [1.807, 2.05) is 12.1 Å². The maximum atomic E-state index is 10.4. The molecule has 0 spiro atoms. The molecule has 1 aliphatic rings. The monoisotopic (exact) mass is 221 g/mol. The van der Waals surface area contributed by atoms with E-state index in [9.17, 15) is 5.11 Å². The highest BCUT2D eigenvalue weighted by molar-refractivity contribution is 5.38. The van der Waals surface area contributed by atoms with Crippen LogP contribution in [0.15, 0.2) is 18.2 Å². The van der Waals surface area contributed by atoms with Gasteiger partial charge in [-0.2, -0.15) is 0 Å². The minimum atomic E-state index is -0.617. The fourth-order valence-corrected chi connectivity index (χ4v) is 2.43. The molecule has 1 aliphatic carbocycles. The minimum Gasteiger partial charge on any atom is -0.497 e. The number of nitrogens with two attached hydrogens (primary N) is 1. The van der Waals surface area contributed by atoms with Crippen molar-refractivity contribution >= 4 is 0 Å². The van der Waals surface area contributed by atoms with E-state index in [0.29, 0.717) is 19.4 Å². The van der Waals surface area contributed by atoms with Gasteiger partial charge in [0, 0.05) is 6.42 Å². The van der Waals surface area contributed by atoms with Gasteiger partial charge in [0.2, 0.25) is 0 Å². The first-order valence-electron chi connectivity index (χ1n) is 5.75. The molecule has 3 heteroatoms. The summed E-state index contributed by atoms with van der Waals surface area (Å²) in [5, 5.41) is 10.4. The standard InChI is InChI=1S/C13H19NO2/c1-16-12-3-2-10-4-5-13(15,6-7-14)9-11(10)8-12/h2-3,8,15H,4-7,9,14H2,1H3. The first kappa shape index (κ1) is 11.4. The molecule has 0 saturated carbocycles. The van der Waals surface area contributed by atoms with Gasteiger partial charge in [-0.25, -0.2) is 0 Å².